The first-order chi connectivity index (χ1) is 8.52. The lowest BCUT2D eigenvalue weighted by atomic mass is 9.67. The van der Waals surface area contributed by atoms with Crippen LogP contribution in [0.15, 0.2) is 0 Å². The van der Waals surface area contributed by atoms with Crippen molar-refractivity contribution in [1.82, 2.24) is 5.32 Å². The van der Waals surface area contributed by atoms with Crippen molar-refractivity contribution in [2.75, 3.05) is 7.05 Å². The molecule has 2 aliphatic rings. The van der Waals surface area contributed by atoms with Crippen molar-refractivity contribution in [2.45, 2.75) is 78.2 Å². The molecule has 0 amide bonds. The van der Waals surface area contributed by atoms with Crippen molar-refractivity contribution in [3.05, 3.63) is 0 Å². The second-order valence-electron chi connectivity index (χ2n) is 7.84. The van der Waals surface area contributed by atoms with Gasteiger partial charge in [-0.2, -0.15) is 0 Å². The van der Waals surface area contributed by atoms with Gasteiger partial charge < -0.3 is 5.32 Å². The lowest BCUT2D eigenvalue weighted by molar-refractivity contribution is 0.118. The lowest BCUT2D eigenvalue weighted by Crippen LogP contribution is -2.43. The summed E-state index contributed by atoms with van der Waals surface area (Å²) in [4.78, 5) is 0. The third kappa shape index (κ3) is 3.50. The normalized spacial score (nSPS) is 35.3. The molecule has 0 saturated heterocycles. The average Bonchev–Trinajstić information content (AvgIpc) is 2.34. The summed E-state index contributed by atoms with van der Waals surface area (Å²) in [6.45, 7) is 7.31. The SMILES string of the molecule is CNC(C1CCC(C)CC1)C1CCC(C)(C)CC1. The van der Waals surface area contributed by atoms with Crippen molar-refractivity contribution in [3.63, 3.8) is 0 Å². The molecule has 2 rings (SSSR count). The molecule has 18 heavy (non-hydrogen) atoms. The van der Waals surface area contributed by atoms with E-state index in [2.05, 4.69) is 33.1 Å². The van der Waals surface area contributed by atoms with Crippen LogP contribution < -0.4 is 5.32 Å². The Labute approximate surface area is 114 Å². The van der Waals surface area contributed by atoms with E-state index in [9.17, 15) is 0 Å². The second kappa shape index (κ2) is 5.94. The fourth-order valence-corrected chi connectivity index (χ4v) is 4.28. The van der Waals surface area contributed by atoms with Gasteiger partial charge >= 0.3 is 0 Å². The number of rotatable bonds is 3. The summed E-state index contributed by atoms with van der Waals surface area (Å²) < 4.78 is 0. The van der Waals surface area contributed by atoms with E-state index in [0.29, 0.717) is 5.41 Å². The van der Waals surface area contributed by atoms with Gasteiger partial charge in [-0.15, -0.1) is 0 Å². The van der Waals surface area contributed by atoms with Crippen LogP contribution in [0.1, 0.15) is 72.1 Å². The minimum atomic E-state index is 0.607. The van der Waals surface area contributed by atoms with Gasteiger partial charge in [0.1, 0.15) is 0 Å². The van der Waals surface area contributed by atoms with E-state index >= 15 is 0 Å². The van der Waals surface area contributed by atoms with Crippen LogP contribution in [0.4, 0.5) is 0 Å². The maximum absolute atomic E-state index is 3.68. The molecule has 0 aromatic heterocycles. The molecule has 0 spiro atoms. The van der Waals surface area contributed by atoms with Gasteiger partial charge in [-0.05, 0) is 68.7 Å². The quantitative estimate of drug-likeness (QED) is 0.772. The highest BCUT2D eigenvalue weighted by atomic mass is 14.9. The highest BCUT2D eigenvalue weighted by molar-refractivity contribution is 4.89. The van der Waals surface area contributed by atoms with E-state index in [1.165, 1.54) is 51.4 Å². The van der Waals surface area contributed by atoms with Crippen LogP contribution in [0.3, 0.4) is 0 Å². The first-order valence-corrected chi connectivity index (χ1v) is 8.19. The molecule has 0 aromatic carbocycles. The molecule has 0 radical (unpaired) electrons. The standard InChI is InChI=1S/C17H33N/c1-13-5-7-14(8-6-13)16(18-4)15-9-11-17(2,3)12-10-15/h13-16,18H,5-12H2,1-4H3. The first-order valence-electron chi connectivity index (χ1n) is 8.19. The number of hydrogen-bond donors (Lipinski definition) is 1. The largest absolute Gasteiger partial charge is 0.316 e. The van der Waals surface area contributed by atoms with E-state index in [-0.39, 0.29) is 0 Å². The van der Waals surface area contributed by atoms with Crippen LogP contribution in [0.25, 0.3) is 0 Å². The van der Waals surface area contributed by atoms with Crippen molar-refractivity contribution in [1.29, 1.82) is 0 Å². The molecule has 2 fully saturated rings. The summed E-state index contributed by atoms with van der Waals surface area (Å²) in [7, 11) is 2.20. The van der Waals surface area contributed by atoms with Gasteiger partial charge in [0.15, 0.2) is 0 Å². The molecular weight excluding hydrogens is 218 g/mol. The zero-order valence-electron chi connectivity index (χ0n) is 13.0. The Kier molecular flexibility index (Phi) is 4.75. The topological polar surface area (TPSA) is 12.0 Å². The minimum Gasteiger partial charge on any atom is -0.316 e. The van der Waals surface area contributed by atoms with Crippen molar-refractivity contribution in [2.24, 2.45) is 23.2 Å². The van der Waals surface area contributed by atoms with Crippen molar-refractivity contribution in [3.8, 4) is 0 Å². The van der Waals surface area contributed by atoms with Gasteiger partial charge in [-0.25, -0.2) is 0 Å². The van der Waals surface area contributed by atoms with Gasteiger partial charge in [0.25, 0.3) is 0 Å². The third-order valence-electron chi connectivity index (χ3n) is 5.79. The Balaban J connectivity index is 1.89. The summed E-state index contributed by atoms with van der Waals surface area (Å²) in [5, 5.41) is 3.68. The zero-order chi connectivity index (χ0) is 13.2. The Morgan fingerprint density at radius 3 is 1.89 bits per heavy atom. The van der Waals surface area contributed by atoms with Crippen LogP contribution in [-0.4, -0.2) is 13.1 Å². The van der Waals surface area contributed by atoms with Crippen molar-refractivity contribution < 1.29 is 0 Å². The molecule has 2 aliphatic carbocycles. The minimum absolute atomic E-state index is 0.607. The fourth-order valence-electron chi connectivity index (χ4n) is 4.28. The molecule has 1 atom stereocenters. The third-order valence-corrected chi connectivity index (χ3v) is 5.79. The molecule has 1 N–H and O–H groups in total. The van der Waals surface area contributed by atoms with Crippen LogP contribution >= 0.6 is 0 Å². The smallest absolute Gasteiger partial charge is 0.0121 e. The summed E-state index contributed by atoms with van der Waals surface area (Å²) in [6.07, 6.45) is 11.6. The summed E-state index contributed by atoms with van der Waals surface area (Å²) >= 11 is 0. The monoisotopic (exact) mass is 251 g/mol. The Morgan fingerprint density at radius 1 is 0.889 bits per heavy atom. The van der Waals surface area contributed by atoms with E-state index < -0.39 is 0 Å². The predicted molar refractivity (Wildman–Crippen MR) is 79.7 cm³/mol. The molecule has 0 heterocycles. The summed E-state index contributed by atoms with van der Waals surface area (Å²) in [5.41, 5.74) is 0.607. The summed E-state index contributed by atoms with van der Waals surface area (Å²) in [6, 6.07) is 0.800. The van der Waals surface area contributed by atoms with Gasteiger partial charge in [-0.3, -0.25) is 0 Å². The van der Waals surface area contributed by atoms with E-state index in [0.717, 1.165) is 23.8 Å². The molecule has 0 aliphatic heterocycles. The number of nitrogens with one attached hydrogen (secondary N) is 1. The molecule has 1 nitrogen and oxygen atoms in total. The van der Waals surface area contributed by atoms with E-state index in [1.807, 2.05) is 0 Å². The molecule has 0 bridgehead atoms. The van der Waals surface area contributed by atoms with Crippen LogP contribution in [0.2, 0.25) is 0 Å². The van der Waals surface area contributed by atoms with Crippen molar-refractivity contribution >= 4 is 0 Å². The Bertz CT molecular complexity index is 240. The van der Waals surface area contributed by atoms with E-state index in [1.54, 1.807) is 0 Å². The molecule has 1 heteroatoms. The summed E-state index contributed by atoms with van der Waals surface area (Å²) in [5.74, 6) is 2.88. The maximum atomic E-state index is 3.68. The first kappa shape index (κ1) is 14.4. The van der Waals surface area contributed by atoms with Gasteiger partial charge in [0, 0.05) is 6.04 Å². The maximum Gasteiger partial charge on any atom is 0.0121 e. The van der Waals surface area contributed by atoms with E-state index in [4.69, 9.17) is 0 Å². The fraction of sp³-hybridized carbons (Fsp3) is 1.00. The predicted octanol–water partition coefficient (Wildman–Crippen LogP) is 4.62. The van der Waals surface area contributed by atoms with Gasteiger partial charge in [-0.1, -0.05) is 33.6 Å². The molecule has 1 unspecified atom stereocenters. The Morgan fingerprint density at radius 2 is 1.39 bits per heavy atom. The second-order valence-corrected chi connectivity index (χ2v) is 7.84. The van der Waals surface area contributed by atoms with Gasteiger partial charge in [0.2, 0.25) is 0 Å². The Hall–Kier alpha value is -0.0400. The highest BCUT2D eigenvalue weighted by Gasteiger charge is 2.35. The molecule has 2 saturated carbocycles. The van der Waals surface area contributed by atoms with Crippen LogP contribution in [0, 0.1) is 23.2 Å². The highest BCUT2D eigenvalue weighted by Crippen LogP contribution is 2.42. The van der Waals surface area contributed by atoms with Crippen LogP contribution in [0.5, 0.6) is 0 Å². The lowest BCUT2D eigenvalue weighted by Gasteiger charge is -2.42. The average molecular weight is 251 g/mol. The van der Waals surface area contributed by atoms with Gasteiger partial charge in [0.05, 0.1) is 0 Å². The molecule has 0 aromatic rings. The molecule has 106 valence electrons. The number of hydrogen-bond acceptors (Lipinski definition) is 1. The molecular formula is C17H33N. The zero-order valence-corrected chi connectivity index (χ0v) is 13.0. The van der Waals surface area contributed by atoms with Crippen LogP contribution in [-0.2, 0) is 0 Å².